The number of nitrogens with zero attached hydrogens (tertiary/aromatic N) is 2. The average Bonchev–Trinajstić information content (AvgIpc) is 2.12. The van der Waals surface area contributed by atoms with Crippen LogP contribution in [0, 0.1) is 16.5 Å². The summed E-state index contributed by atoms with van der Waals surface area (Å²) in [6.07, 6.45) is 2.28. The van der Waals surface area contributed by atoms with E-state index >= 15 is 0 Å². The number of amidine groups is 1. The van der Waals surface area contributed by atoms with Crippen molar-refractivity contribution < 1.29 is 9.76 Å². The highest BCUT2D eigenvalue weighted by molar-refractivity contribution is 5.83. The fourth-order valence-corrected chi connectivity index (χ4v) is 0.320. The third-order valence-corrected chi connectivity index (χ3v) is 0.619. The molecule has 8 heavy (non-hydrogen) atoms. The highest BCUT2D eigenvalue weighted by Gasteiger charge is 2.21. The zero-order valence-electron chi connectivity index (χ0n) is 3.83. The summed E-state index contributed by atoms with van der Waals surface area (Å²) >= 11 is 0. The van der Waals surface area contributed by atoms with Crippen LogP contribution in [0.15, 0.2) is 5.16 Å². The topological polar surface area (TPSA) is 64.7 Å². The molecule has 0 bridgehead atoms. The summed E-state index contributed by atoms with van der Waals surface area (Å²) < 4.78 is 0. The highest BCUT2D eigenvalue weighted by atomic mass is 16.7. The third-order valence-electron chi connectivity index (χ3n) is 0.619. The van der Waals surface area contributed by atoms with E-state index in [1.165, 1.54) is 0 Å². The van der Waals surface area contributed by atoms with Crippen molar-refractivity contribution in [2.45, 2.75) is 0 Å². The minimum atomic E-state index is -0.646. The zero-order valence-corrected chi connectivity index (χ0v) is 3.83. The smallest absolute Gasteiger partial charge is 0.358 e. The SMILES string of the molecule is O=[N+]([O-])C1=NOC[C]1. The van der Waals surface area contributed by atoms with Crippen LogP contribution in [0.5, 0.6) is 0 Å². The minimum Gasteiger partial charge on any atom is -0.358 e. The standard InChI is InChI=1S/C3H2N2O3/c6-5(7)3-1-2-8-4-3/h2H2. The van der Waals surface area contributed by atoms with Gasteiger partial charge in [0.05, 0.1) is 0 Å². The van der Waals surface area contributed by atoms with Gasteiger partial charge in [-0.3, -0.25) is 4.84 Å². The van der Waals surface area contributed by atoms with Gasteiger partial charge in [-0.1, -0.05) is 0 Å². The Hall–Kier alpha value is -1.13. The first kappa shape index (κ1) is 5.02. The Bertz CT molecular complexity index is 141. The fraction of sp³-hybridized carbons (Fsp3) is 0.333. The van der Waals surface area contributed by atoms with Gasteiger partial charge >= 0.3 is 5.84 Å². The lowest BCUT2D eigenvalue weighted by Crippen LogP contribution is -2.08. The Morgan fingerprint density at radius 2 is 2.75 bits per heavy atom. The molecule has 2 radical (unpaired) electrons. The lowest BCUT2D eigenvalue weighted by atomic mass is 10.4. The first-order chi connectivity index (χ1) is 3.80. The lowest BCUT2D eigenvalue weighted by molar-refractivity contribution is -0.350. The van der Waals surface area contributed by atoms with E-state index in [4.69, 9.17) is 0 Å². The first-order valence-corrected chi connectivity index (χ1v) is 1.89. The highest BCUT2D eigenvalue weighted by Crippen LogP contribution is 1.97. The summed E-state index contributed by atoms with van der Waals surface area (Å²) in [6.45, 7) is 0.0936. The summed E-state index contributed by atoms with van der Waals surface area (Å²) in [5, 5.41) is 12.8. The molecule has 0 unspecified atom stereocenters. The number of rotatable bonds is 0. The lowest BCUT2D eigenvalue weighted by Gasteiger charge is -1.82. The van der Waals surface area contributed by atoms with Crippen molar-refractivity contribution in [3.8, 4) is 0 Å². The molecule has 0 aromatic heterocycles. The van der Waals surface area contributed by atoms with E-state index in [0.29, 0.717) is 0 Å². The van der Waals surface area contributed by atoms with Crippen LogP contribution in [-0.4, -0.2) is 17.4 Å². The maximum absolute atomic E-state index is 9.73. The Kier molecular flexibility index (Phi) is 1.11. The quantitative estimate of drug-likeness (QED) is 0.320. The Morgan fingerprint density at radius 3 is 3.00 bits per heavy atom. The summed E-state index contributed by atoms with van der Waals surface area (Å²) in [4.78, 5) is 13.3. The van der Waals surface area contributed by atoms with E-state index in [1.54, 1.807) is 0 Å². The van der Waals surface area contributed by atoms with E-state index in [2.05, 4.69) is 16.4 Å². The van der Waals surface area contributed by atoms with Crippen LogP contribution in [0.1, 0.15) is 0 Å². The van der Waals surface area contributed by atoms with Crippen LogP contribution < -0.4 is 0 Å². The molecule has 5 heteroatoms. The van der Waals surface area contributed by atoms with Crippen molar-refractivity contribution in [2.24, 2.45) is 5.16 Å². The predicted octanol–water partition coefficient (Wildman–Crippen LogP) is -0.312. The zero-order chi connectivity index (χ0) is 5.98. The minimum absolute atomic E-state index is 0.0936. The maximum Gasteiger partial charge on any atom is 0.397 e. The number of hydrogen-bond donors (Lipinski definition) is 0. The van der Waals surface area contributed by atoms with Gasteiger partial charge in [0, 0.05) is 0 Å². The molecule has 1 rings (SSSR count). The average molecular weight is 114 g/mol. The van der Waals surface area contributed by atoms with Crippen molar-refractivity contribution >= 4 is 5.84 Å². The monoisotopic (exact) mass is 114 g/mol. The molecule has 5 nitrogen and oxygen atoms in total. The van der Waals surface area contributed by atoms with Gasteiger partial charge in [-0.15, -0.1) is 0 Å². The summed E-state index contributed by atoms with van der Waals surface area (Å²) in [6, 6.07) is 0. The van der Waals surface area contributed by atoms with E-state index in [0.717, 1.165) is 0 Å². The van der Waals surface area contributed by atoms with E-state index in [1.807, 2.05) is 0 Å². The second kappa shape index (κ2) is 1.77. The van der Waals surface area contributed by atoms with Crippen molar-refractivity contribution in [1.29, 1.82) is 0 Å². The molecule has 0 saturated heterocycles. The maximum atomic E-state index is 9.73. The van der Waals surface area contributed by atoms with Crippen molar-refractivity contribution in [3.05, 3.63) is 16.5 Å². The normalized spacial score (nSPS) is 17.2. The number of oxime groups is 1. The Labute approximate surface area is 45.1 Å². The van der Waals surface area contributed by atoms with Gasteiger partial charge in [0.15, 0.2) is 18.2 Å². The predicted molar refractivity (Wildman–Crippen MR) is 23.6 cm³/mol. The van der Waals surface area contributed by atoms with Crippen LogP contribution in [0.25, 0.3) is 0 Å². The molecule has 0 N–H and O–H groups in total. The second-order valence-electron chi connectivity index (χ2n) is 1.12. The summed E-state index contributed by atoms with van der Waals surface area (Å²) in [5.74, 6) is -0.329. The van der Waals surface area contributed by atoms with Gasteiger partial charge in [-0.25, -0.2) is 0 Å². The molecule has 1 aliphatic heterocycles. The van der Waals surface area contributed by atoms with E-state index in [9.17, 15) is 10.1 Å². The van der Waals surface area contributed by atoms with Crippen molar-refractivity contribution in [3.63, 3.8) is 0 Å². The molecule has 0 fully saturated rings. The fourth-order valence-electron chi connectivity index (χ4n) is 0.320. The van der Waals surface area contributed by atoms with E-state index < -0.39 is 4.92 Å². The van der Waals surface area contributed by atoms with Gasteiger partial charge in [0.25, 0.3) is 0 Å². The van der Waals surface area contributed by atoms with Crippen LogP contribution in [0.4, 0.5) is 0 Å². The molecule has 0 saturated carbocycles. The van der Waals surface area contributed by atoms with Gasteiger partial charge in [-0.05, 0) is 4.92 Å². The third kappa shape index (κ3) is 0.749. The van der Waals surface area contributed by atoms with Crippen LogP contribution >= 0.6 is 0 Å². The Morgan fingerprint density at radius 1 is 2.00 bits per heavy atom. The molecule has 0 aliphatic carbocycles. The molecule has 0 spiro atoms. The second-order valence-corrected chi connectivity index (χ2v) is 1.12. The number of nitro groups is 1. The van der Waals surface area contributed by atoms with Crippen LogP contribution in [0.3, 0.4) is 0 Å². The van der Waals surface area contributed by atoms with Gasteiger partial charge in [-0.2, -0.15) is 0 Å². The van der Waals surface area contributed by atoms with Gasteiger partial charge < -0.3 is 10.1 Å². The summed E-state index contributed by atoms with van der Waals surface area (Å²) in [7, 11) is 0. The van der Waals surface area contributed by atoms with Gasteiger partial charge in [0.1, 0.15) is 0 Å². The Balaban J connectivity index is 2.57. The largest absolute Gasteiger partial charge is 0.397 e. The van der Waals surface area contributed by atoms with Crippen LogP contribution in [0.2, 0.25) is 0 Å². The molecule has 0 aromatic carbocycles. The summed E-state index contributed by atoms with van der Waals surface area (Å²) in [5.41, 5.74) is 0. The van der Waals surface area contributed by atoms with Crippen LogP contribution in [-0.2, 0) is 4.84 Å². The molecule has 0 aromatic rings. The van der Waals surface area contributed by atoms with E-state index in [-0.39, 0.29) is 12.4 Å². The molecule has 1 heterocycles. The molecular formula is C3H2N2O3. The first-order valence-electron chi connectivity index (χ1n) is 1.89. The molecule has 0 amide bonds. The molecule has 0 atom stereocenters. The van der Waals surface area contributed by atoms with Crippen molar-refractivity contribution in [1.82, 2.24) is 0 Å². The molecular weight excluding hydrogens is 112 g/mol. The molecule has 1 aliphatic rings. The van der Waals surface area contributed by atoms with Gasteiger partial charge in [0.2, 0.25) is 0 Å². The molecule has 42 valence electrons. The van der Waals surface area contributed by atoms with Crippen molar-refractivity contribution in [2.75, 3.05) is 6.61 Å². The number of hydrogen-bond acceptors (Lipinski definition) is 4.